The summed E-state index contributed by atoms with van der Waals surface area (Å²) in [5.74, 6) is 3.08. The van der Waals surface area contributed by atoms with Crippen LogP contribution in [0.3, 0.4) is 0 Å². The van der Waals surface area contributed by atoms with Gasteiger partial charge in [0, 0.05) is 36.6 Å². The molecule has 0 atom stereocenters. The maximum absolute atomic E-state index is 7.07. The molecule has 0 unspecified atom stereocenters. The number of amidine groups is 1. The second kappa shape index (κ2) is 18.2. The number of aliphatic imine (C=N–C) groups is 1. The Hall–Kier alpha value is -5.08. The molecule has 4 aromatic carbocycles. The number of unbranched alkanes of at least 4 members (excludes halogenated alkanes) is 1. The van der Waals surface area contributed by atoms with Gasteiger partial charge in [-0.05, 0) is 98.0 Å². The summed E-state index contributed by atoms with van der Waals surface area (Å²) in [5.41, 5.74) is 12.4. The lowest BCUT2D eigenvalue weighted by Crippen LogP contribution is -2.27. The lowest BCUT2D eigenvalue weighted by Gasteiger charge is -2.28. The van der Waals surface area contributed by atoms with E-state index < -0.39 is 0 Å². The van der Waals surface area contributed by atoms with Gasteiger partial charge in [-0.3, -0.25) is 5.41 Å². The molecular formula is C39H47N5O3. The molecule has 0 spiro atoms. The molecule has 4 rings (SSSR count). The third kappa shape index (κ3) is 10.8. The summed E-state index contributed by atoms with van der Waals surface area (Å²) in [4.78, 5) is 7.25. The first-order chi connectivity index (χ1) is 22.9. The molecule has 8 nitrogen and oxygen atoms in total. The number of aryl methyl sites for hydroxylation is 1. The van der Waals surface area contributed by atoms with Gasteiger partial charge in [-0.1, -0.05) is 56.3 Å². The van der Waals surface area contributed by atoms with Crippen molar-refractivity contribution in [2.75, 3.05) is 25.5 Å². The van der Waals surface area contributed by atoms with E-state index in [1.807, 2.05) is 80.6 Å². The number of nitrogens with zero attached hydrogens (tertiary/aromatic N) is 2. The van der Waals surface area contributed by atoms with E-state index in [1.165, 1.54) is 6.34 Å². The summed E-state index contributed by atoms with van der Waals surface area (Å²) in [6.45, 7) is 13.9. The first-order valence-corrected chi connectivity index (χ1v) is 16.1. The molecule has 0 aromatic heterocycles. The van der Waals surface area contributed by atoms with Gasteiger partial charge in [0.15, 0.2) is 0 Å². The number of hydrogen-bond donors (Lipinski definition) is 3. The van der Waals surface area contributed by atoms with Crippen LogP contribution in [0.25, 0.3) is 5.70 Å². The van der Waals surface area contributed by atoms with Crippen molar-refractivity contribution in [1.29, 1.82) is 5.41 Å². The SMILES string of the molecule is C=C(c1ccccc1COCCCC)N(Cc1ccc(OCCCNC=N)cc1)/C(C)=N/c1ccc(Oc2ccc(N)cc2)cc1C. The molecule has 8 heteroatoms. The normalized spacial score (nSPS) is 11.2. The Labute approximate surface area is 279 Å². The van der Waals surface area contributed by atoms with E-state index in [1.54, 1.807) is 0 Å². The van der Waals surface area contributed by atoms with Crippen molar-refractivity contribution in [3.8, 4) is 17.2 Å². The van der Waals surface area contributed by atoms with Crippen LogP contribution in [0.15, 0.2) is 103 Å². The monoisotopic (exact) mass is 633 g/mol. The third-order valence-electron chi connectivity index (χ3n) is 7.61. The Bertz CT molecular complexity index is 1620. The average molecular weight is 634 g/mol. The minimum atomic E-state index is 0.523. The van der Waals surface area contributed by atoms with Crippen LogP contribution in [0, 0.1) is 12.3 Å². The smallest absolute Gasteiger partial charge is 0.127 e. The number of nitrogen functional groups attached to an aromatic ring is 1. The maximum Gasteiger partial charge on any atom is 0.127 e. The average Bonchev–Trinajstić information content (AvgIpc) is 3.08. The molecule has 0 saturated heterocycles. The molecule has 47 heavy (non-hydrogen) atoms. The minimum Gasteiger partial charge on any atom is -0.494 e. The lowest BCUT2D eigenvalue weighted by molar-refractivity contribution is 0.118. The topological polar surface area (TPSA) is 105 Å². The van der Waals surface area contributed by atoms with Crippen molar-refractivity contribution in [3.05, 3.63) is 120 Å². The molecule has 0 aliphatic rings. The van der Waals surface area contributed by atoms with E-state index in [-0.39, 0.29) is 0 Å². The molecule has 0 fully saturated rings. The Balaban J connectivity index is 1.58. The fraction of sp³-hybridized carbons (Fsp3) is 0.282. The highest BCUT2D eigenvalue weighted by molar-refractivity contribution is 5.91. The number of hydrogen-bond acceptors (Lipinski definition) is 6. The van der Waals surface area contributed by atoms with Gasteiger partial charge in [-0.25, -0.2) is 4.99 Å². The Morgan fingerprint density at radius 3 is 2.38 bits per heavy atom. The second-order valence-corrected chi connectivity index (χ2v) is 11.3. The predicted octanol–water partition coefficient (Wildman–Crippen LogP) is 8.87. The van der Waals surface area contributed by atoms with Crippen LogP contribution < -0.4 is 20.5 Å². The number of rotatable bonds is 18. The van der Waals surface area contributed by atoms with Gasteiger partial charge >= 0.3 is 0 Å². The van der Waals surface area contributed by atoms with E-state index in [2.05, 4.69) is 48.0 Å². The summed E-state index contributed by atoms with van der Waals surface area (Å²) in [5, 5.41) is 9.94. The van der Waals surface area contributed by atoms with Crippen molar-refractivity contribution in [3.63, 3.8) is 0 Å². The highest BCUT2D eigenvalue weighted by Crippen LogP contribution is 2.30. The highest BCUT2D eigenvalue weighted by Gasteiger charge is 2.17. The van der Waals surface area contributed by atoms with Crippen molar-refractivity contribution < 1.29 is 14.2 Å². The fourth-order valence-corrected chi connectivity index (χ4v) is 4.94. The standard InChI is InChI=1S/C39H47N5O3/c1-5-6-23-45-27-33-10-7-8-11-38(33)30(3)44(26-32-12-16-35(17-13-32)46-24-9-22-42-28-40)31(4)43-39-21-20-37(25-29(39)2)47-36-18-14-34(41)15-19-36/h7-8,10-21,25,28H,3,5-6,9,22-24,26-27,41H2,1-2,4H3,(H2,40,42)/b43-31+. The third-order valence-corrected chi connectivity index (χ3v) is 7.61. The van der Waals surface area contributed by atoms with Gasteiger partial charge in [0.25, 0.3) is 0 Å². The number of anilines is 1. The van der Waals surface area contributed by atoms with Gasteiger partial charge in [0.05, 0.1) is 25.2 Å². The van der Waals surface area contributed by atoms with Crippen LogP contribution >= 0.6 is 0 Å². The van der Waals surface area contributed by atoms with E-state index in [4.69, 9.17) is 30.3 Å². The Morgan fingerprint density at radius 2 is 1.66 bits per heavy atom. The second-order valence-electron chi connectivity index (χ2n) is 11.3. The van der Waals surface area contributed by atoms with E-state index >= 15 is 0 Å². The molecular weight excluding hydrogens is 586 g/mol. The van der Waals surface area contributed by atoms with Gasteiger partial charge in [-0.15, -0.1) is 0 Å². The molecule has 0 radical (unpaired) electrons. The first-order valence-electron chi connectivity index (χ1n) is 16.1. The van der Waals surface area contributed by atoms with Crippen molar-refractivity contribution in [2.45, 2.75) is 53.2 Å². The first kappa shape index (κ1) is 34.8. The zero-order valence-electron chi connectivity index (χ0n) is 27.8. The maximum atomic E-state index is 7.07. The summed E-state index contributed by atoms with van der Waals surface area (Å²) in [6.07, 6.45) is 4.14. The lowest BCUT2D eigenvalue weighted by atomic mass is 10.0. The number of benzene rings is 4. The summed E-state index contributed by atoms with van der Waals surface area (Å²) >= 11 is 0. The Kier molecular flexibility index (Phi) is 13.4. The zero-order chi connectivity index (χ0) is 33.4. The highest BCUT2D eigenvalue weighted by atomic mass is 16.5. The van der Waals surface area contributed by atoms with Gasteiger partial charge < -0.3 is 30.2 Å². The van der Waals surface area contributed by atoms with Crippen molar-refractivity contribution in [2.24, 2.45) is 4.99 Å². The molecule has 4 N–H and O–H groups in total. The van der Waals surface area contributed by atoms with Crippen molar-refractivity contribution >= 4 is 29.2 Å². The minimum absolute atomic E-state index is 0.523. The molecule has 246 valence electrons. The van der Waals surface area contributed by atoms with E-state index in [0.29, 0.717) is 32.0 Å². The van der Waals surface area contributed by atoms with Crippen LogP contribution in [-0.4, -0.2) is 36.8 Å². The number of ether oxygens (including phenoxy) is 3. The molecule has 0 aliphatic carbocycles. The van der Waals surface area contributed by atoms with Crippen LogP contribution in [0.5, 0.6) is 17.2 Å². The quantitative estimate of drug-likeness (QED) is 0.0438. The predicted molar refractivity (Wildman–Crippen MR) is 194 cm³/mol. The molecule has 4 aromatic rings. The Morgan fingerprint density at radius 1 is 0.936 bits per heavy atom. The zero-order valence-corrected chi connectivity index (χ0v) is 27.8. The van der Waals surface area contributed by atoms with Crippen LogP contribution in [-0.2, 0) is 17.9 Å². The van der Waals surface area contributed by atoms with Gasteiger partial charge in [0.2, 0.25) is 0 Å². The van der Waals surface area contributed by atoms with Crippen LogP contribution in [0.1, 0.15) is 55.4 Å². The van der Waals surface area contributed by atoms with E-state index in [0.717, 1.165) is 82.6 Å². The van der Waals surface area contributed by atoms with Gasteiger partial charge in [0.1, 0.15) is 23.1 Å². The number of nitrogens with two attached hydrogens (primary N) is 1. The summed E-state index contributed by atoms with van der Waals surface area (Å²) < 4.78 is 17.9. The fourth-order valence-electron chi connectivity index (χ4n) is 4.94. The molecule has 0 amide bonds. The number of nitrogens with one attached hydrogen (secondary N) is 2. The molecule has 0 heterocycles. The summed E-state index contributed by atoms with van der Waals surface area (Å²) in [7, 11) is 0. The van der Waals surface area contributed by atoms with Crippen LogP contribution in [0.4, 0.5) is 11.4 Å². The molecule has 0 bridgehead atoms. The van der Waals surface area contributed by atoms with Crippen LogP contribution in [0.2, 0.25) is 0 Å². The van der Waals surface area contributed by atoms with Gasteiger partial charge in [-0.2, -0.15) is 0 Å². The molecule has 0 saturated carbocycles. The largest absolute Gasteiger partial charge is 0.494 e. The van der Waals surface area contributed by atoms with E-state index in [9.17, 15) is 0 Å². The summed E-state index contributed by atoms with van der Waals surface area (Å²) in [6, 6.07) is 29.7. The molecule has 0 aliphatic heterocycles. The van der Waals surface area contributed by atoms with Crippen molar-refractivity contribution in [1.82, 2.24) is 10.2 Å².